The van der Waals surface area contributed by atoms with Crippen molar-refractivity contribution in [2.75, 3.05) is 31.8 Å². The second-order valence-corrected chi connectivity index (χ2v) is 9.30. The Hall–Kier alpha value is -1.98. The minimum Gasteiger partial charge on any atom is -0.496 e. The van der Waals surface area contributed by atoms with E-state index < -0.39 is 0 Å². The minimum absolute atomic E-state index is 0.174. The summed E-state index contributed by atoms with van der Waals surface area (Å²) >= 11 is 1.71. The van der Waals surface area contributed by atoms with Crippen molar-refractivity contribution in [3.05, 3.63) is 53.6 Å². The quantitative estimate of drug-likeness (QED) is 0.683. The number of benzene rings is 2. The molecule has 1 aliphatic heterocycles. The number of carbonyl (C=O) groups is 1. The lowest BCUT2D eigenvalue weighted by Crippen LogP contribution is -2.35. The highest BCUT2D eigenvalue weighted by atomic mass is 32.2. The highest BCUT2D eigenvalue weighted by Gasteiger charge is 2.58. The third-order valence-corrected chi connectivity index (χ3v) is 7.32. The van der Waals surface area contributed by atoms with E-state index in [1.807, 2.05) is 12.1 Å². The molecule has 2 aromatic carbocycles. The second kappa shape index (κ2) is 8.41. The Morgan fingerprint density at radius 3 is 2.55 bits per heavy atom. The van der Waals surface area contributed by atoms with Crippen LogP contribution in [0.5, 0.6) is 5.75 Å². The Balaban J connectivity index is 1.28. The molecular formula is C24H30N2O2S. The number of nitrogens with zero attached hydrogens (tertiary/aromatic N) is 1. The number of anilines is 1. The fraction of sp³-hybridized carbons (Fsp3) is 0.458. The largest absolute Gasteiger partial charge is 0.496 e. The molecule has 1 aliphatic carbocycles. The molecule has 1 N–H and O–H groups in total. The number of rotatable bonds is 6. The van der Waals surface area contributed by atoms with E-state index in [4.69, 9.17) is 4.74 Å². The lowest BCUT2D eigenvalue weighted by Gasteiger charge is -2.33. The summed E-state index contributed by atoms with van der Waals surface area (Å²) in [6.45, 7) is 5.20. The van der Waals surface area contributed by atoms with Crippen molar-refractivity contribution in [3.63, 3.8) is 0 Å². The summed E-state index contributed by atoms with van der Waals surface area (Å²) in [7, 11) is 1.72. The van der Waals surface area contributed by atoms with Crippen LogP contribution in [0.1, 0.15) is 30.4 Å². The predicted molar refractivity (Wildman–Crippen MR) is 120 cm³/mol. The van der Waals surface area contributed by atoms with Crippen LogP contribution in [0.2, 0.25) is 0 Å². The van der Waals surface area contributed by atoms with Gasteiger partial charge in [0.1, 0.15) is 5.75 Å². The van der Waals surface area contributed by atoms with E-state index in [1.54, 1.807) is 18.9 Å². The van der Waals surface area contributed by atoms with E-state index in [1.165, 1.54) is 16.0 Å². The summed E-state index contributed by atoms with van der Waals surface area (Å²) in [4.78, 5) is 16.5. The molecule has 1 saturated carbocycles. The van der Waals surface area contributed by atoms with Gasteiger partial charge in [-0.2, -0.15) is 0 Å². The zero-order valence-electron chi connectivity index (χ0n) is 17.5. The molecule has 2 aliphatic rings. The summed E-state index contributed by atoms with van der Waals surface area (Å²) < 4.78 is 5.36. The van der Waals surface area contributed by atoms with Crippen molar-refractivity contribution in [2.45, 2.75) is 37.6 Å². The number of hydrogen-bond acceptors (Lipinski definition) is 4. The fourth-order valence-electron chi connectivity index (χ4n) is 4.63. The van der Waals surface area contributed by atoms with Crippen molar-refractivity contribution in [1.29, 1.82) is 0 Å². The molecule has 1 saturated heterocycles. The van der Waals surface area contributed by atoms with Gasteiger partial charge >= 0.3 is 0 Å². The van der Waals surface area contributed by atoms with Gasteiger partial charge in [0.25, 0.3) is 0 Å². The van der Waals surface area contributed by atoms with Gasteiger partial charge in [-0.05, 0) is 92.4 Å². The highest BCUT2D eigenvalue weighted by Crippen LogP contribution is 2.59. The Bertz CT molecular complexity index is 873. The van der Waals surface area contributed by atoms with Crippen LogP contribution in [0.4, 0.5) is 5.69 Å². The number of likely N-dealkylation sites (tertiary alicyclic amines) is 1. The first-order valence-corrected chi connectivity index (χ1v) is 11.6. The van der Waals surface area contributed by atoms with Gasteiger partial charge in [-0.3, -0.25) is 9.69 Å². The van der Waals surface area contributed by atoms with E-state index in [-0.39, 0.29) is 17.2 Å². The van der Waals surface area contributed by atoms with Gasteiger partial charge in [-0.25, -0.2) is 0 Å². The average molecular weight is 411 g/mol. The first-order valence-electron chi connectivity index (χ1n) is 10.3. The van der Waals surface area contributed by atoms with E-state index in [9.17, 15) is 4.79 Å². The van der Waals surface area contributed by atoms with Crippen LogP contribution in [-0.2, 0) is 11.3 Å². The maximum Gasteiger partial charge on any atom is 0.228 e. The number of methoxy groups -OCH3 is 1. The summed E-state index contributed by atoms with van der Waals surface area (Å²) in [5.74, 6) is 1.32. The molecule has 4 nitrogen and oxygen atoms in total. The number of carbonyl (C=O) groups excluding carboxylic acids is 1. The summed E-state index contributed by atoms with van der Waals surface area (Å²) in [6.07, 6.45) is 5.33. The van der Waals surface area contributed by atoms with Gasteiger partial charge in [0.15, 0.2) is 0 Å². The van der Waals surface area contributed by atoms with Crippen molar-refractivity contribution in [3.8, 4) is 5.75 Å². The zero-order valence-corrected chi connectivity index (χ0v) is 18.3. The number of ether oxygens (including phenoxy) is 1. The standard InChI is InChI=1S/C24H30N2O2S/c1-17-14-18(4-9-22(17)28-2)16-26-12-10-24(11-13-26)15-21(24)23(27)25-19-5-7-20(29-3)8-6-19/h4-9,14,21H,10-13,15-16H2,1-3H3,(H,25,27)/t21-/m0/s1. The molecule has 1 heterocycles. The van der Waals surface area contributed by atoms with Crippen LogP contribution < -0.4 is 10.1 Å². The number of piperidine rings is 1. The number of aryl methyl sites for hydroxylation is 1. The van der Waals surface area contributed by atoms with Gasteiger partial charge < -0.3 is 10.1 Å². The Morgan fingerprint density at radius 1 is 1.21 bits per heavy atom. The molecule has 0 unspecified atom stereocenters. The topological polar surface area (TPSA) is 41.6 Å². The van der Waals surface area contributed by atoms with Crippen LogP contribution >= 0.6 is 11.8 Å². The second-order valence-electron chi connectivity index (χ2n) is 8.42. The van der Waals surface area contributed by atoms with Crippen molar-refractivity contribution in [2.24, 2.45) is 11.3 Å². The highest BCUT2D eigenvalue weighted by molar-refractivity contribution is 7.98. The molecule has 2 aromatic rings. The summed E-state index contributed by atoms with van der Waals surface area (Å²) in [6, 6.07) is 14.6. The third kappa shape index (κ3) is 4.46. The molecule has 154 valence electrons. The van der Waals surface area contributed by atoms with Crippen LogP contribution in [0.15, 0.2) is 47.4 Å². The number of thioether (sulfide) groups is 1. The monoisotopic (exact) mass is 410 g/mol. The first-order chi connectivity index (χ1) is 14.0. The maximum atomic E-state index is 12.7. The zero-order chi connectivity index (χ0) is 20.4. The van der Waals surface area contributed by atoms with Crippen molar-refractivity contribution >= 4 is 23.4 Å². The molecule has 1 spiro atoms. The molecule has 4 rings (SSSR count). The SMILES string of the molecule is COc1ccc(CN2CCC3(CC2)C[C@H]3C(=O)Nc2ccc(SC)cc2)cc1C. The molecule has 2 fully saturated rings. The molecule has 0 radical (unpaired) electrons. The maximum absolute atomic E-state index is 12.7. The molecule has 0 aromatic heterocycles. The van der Waals surface area contributed by atoms with Crippen LogP contribution in [0.3, 0.4) is 0 Å². The van der Waals surface area contributed by atoms with Crippen molar-refractivity contribution in [1.82, 2.24) is 4.90 Å². The lowest BCUT2D eigenvalue weighted by atomic mass is 9.90. The smallest absolute Gasteiger partial charge is 0.228 e. The van der Waals surface area contributed by atoms with Crippen molar-refractivity contribution < 1.29 is 9.53 Å². The van der Waals surface area contributed by atoms with E-state index in [0.29, 0.717) is 0 Å². The van der Waals surface area contributed by atoms with E-state index in [0.717, 1.165) is 50.3 Å². The Kier molecular flexibility index (Phi) is 5.88. The third-order valence-electron chi connectivity index (χ3n) is 6.58. The number of hydrogen-bond donors (Lipinski definition) is 1. The Morgan fingerprint density at radius 2 is 1.93 bits per heavy atom. The van der Waals surface area contributed by atoms with E-state index >= 15 is 0 Å². The summed E-state index contributed by atoms with van der Waals surface area (Å²) in [5, 5.41) is 3.12. The lowest BCUT2D eigenvalue weighted by molar-refractivity contribution is -0.118. The van der Waals surface area contributed by atoms with Gasteiger partial charge in [0.2, 0.25) is 5.91 Å². The van der Waals surface area contributed by atoms with Gasteiger partial charge in [0.05, 0.1) is 7.11 Å². The normalized spacial score (nSPS) is 20.4. The number of nitrogens with one attached hydrogen (secondary N) is 1. The minimum atomic E-state index is 0.174. The molecule has 1 amide bonds. The van der Waals surface area contributed by atoms with Crippen LogP contribution in [-0.4, -0.2) is 37.3 Å². The predicted octanol–water partition coefficient (Wildman–Crippen LogP) is 4.97. The van der Waals surface area contributed by atoms with E-state index in [2.05, 4.69) is 53.7 Å². The van der Waals surface area contributed by atoms with Gasteiger partial charge in [-0.1, -0.05) is 12.1 Å². The molecule has 29 heavy (non-hydrogen) atoms. The van der Waals surface area contributed by atoms with Gasteiger partial charge in [-0.15, -0.1) is 11.8 Å². The molecule has 5 heteroatoms. The molecule has 1 atom stereocenters. The molecule has 0 bridgehead atoms. The average Bonchev–Trinajstić information content (AvgIpc) is 3.44. The fourth-order valence-corrected chi connectivity index (χ4v) is 5.04. The Labute approximate surface area is 178 Å². The van der Waals surface area contributed by atoms with Crippen LogP contribution in [0.25, 0.3) is 0 Å². The number of amides is 1. The summed E-state index contributed by atoms with van der Waals surface area (Å²) in [5.41, 5.74) is 3.65. The van der Waals surface area contributed by atoms with Gasteiger partial charge in [0, 0.05) is 23.0 Å². The molecular weight excluding hydrogens is 380 g/mol. The van der Waals surface area contributed by atoms with Crippen LogP contribution in [0, 0.1) is 18.3 Å². The first kappa shape index (κ1) is 20.3.